The largest absolute Gasteiger partial charge is 0.0654 e. The third kappa shape index (κ3) is 1.77. The van der Waals surface area contributed by atoms with Gasteiger partial charge in [-0.15, -0.1) is 0 Å². The molecule has 0 heteroatoms. The number of aryl methyl sites for hydroxylation is 1. The standard InChI is InChI=1S/C13H17/c1-2-3-6-11-9-10-12-7-4-5-8-13(11)12/h4-8,11H,2-3,9-10H2,1H3. The Morgan fingerprint density at radius 3 is 3.08 bits per heavy atom. The van der Waals surface area contributed by atoms with Crippen molar-refractivity contribution >= 4 is 0 Å². The van der Waals surface area contributed by atoms with Crippen LogP contribution in [0.25, 0.3) is 0 Å². The second kappa shape index (κ2) is 3.95. The number of hydrogen-bond donors (Lipinski definition) is 0. The molecule has 1 radical (unpaired) electrons. The zero-order chi connectivity index (χ0) is 9.10. The number of unbranched alkanes of at least 4 members (excludes halogenated alkanes) is 1. The van der Waals surface area contributed by atoms with Crippen molar-refractivity contribution in [2.75, 3.05) is 0 Å². The van der Waals surface area contributed by atoms with E-state index in [2.05, 4.69) is 37.6 Å². The Morgan fingerprint density at radius 1 is 1.38 bits per heavy atom. The summed E-state index contributed by atoms with van der Waals surface area (Å²) >= 11 is 0. The van der Waals surface area contributed by atoms with Crippen molar-refractivity contribution in [2.24, 2.45) is 0 Å². The van der Waals surface area contributed by atoms with Crippen LogP contribution in [-0.4, -0.2) is 0 Å². The van der Waals surface area contributed by atoms with Gasteiger partial charge < -0.3 is 0 Å². The first-order valence-electron chi connectivity index (χ1n) is 5.33. The molecule has 1 aromatic carbocycles. The van der Waals surface area contributed by atoms with Crippen molar-refractivity contribution < 1.29 is 0 Å². The Hall–Kier alpha value is -0.780. The van der Waals surface area contributed by atoms with Crippen LogP contribution in [0.15, 0.2) is 24.3 Å². The molecular formula is C13H17. The van der Waals surface area contributed by atoms with E-state index < -0.39 is 0 Å². The quantitative estimate of drug-likeness (QED) is 0.653. The van der Waals surface area contributed by atoms with Crippen molar-refractivity contribution in [2.45, 2.75) is 38.5 Å². The highest BCUT2D eigenvalue weighted by Crippen LogP contribution is 2.35. The molecule has 0 nitrogen and oxygen atoms in total. The predicted octanol–water partition coefficient (Wildman–Crippen LogP) is 3.72. The van der Waals surface area contributed by atoms with Crippen LogP contribution in [0.4, 0.5) is 0 Å². The molecular weight excluding hydrogens is 156 g/mol. The van der Waals surface area contributed by atoms with Gasteiger partial charge in [0.1, 0.15) is 0 Å². The van der Waals surface area contributed by atoms with E-state index in [4.69, 9.17) is 0 Å². The summed E-state index contributed by atoms with van der Waals surface area (Å²) in [6.45, 7) is 2.25. The SMILES string of the molecule is CCC[CH]C1CCc2ccccc21. The zero-order valence-corrected chi connectivity index (χ0v) is 8.29. The van der Waals surface area contributed by atoms with Crippen molar-refractivity contribution in [1.82, 2.24) is 0 Å². The summed E-state index contributed by atoms with van der Waals surface area (Å²) in [6, 6.07) is 8.88. The average molecular weight is 173 g/mol. The summed E-state index contributed by atoms with van der Waals surface area (Å²) in [5, 5.41) is 0. The minimum absolute atomic E-state index is 0.746. The Morgan fingerprint density at radius 2 is 2.23 bits per heavy atom. The maximum atomic E-state index is 2.49. The van der Waals surface area contributed by atoms with Crippen molar-refractivity contribution in [3.63, 3.8) is 0 Å². The molecule has 0 amide bonds. The lowest BCUT2D eigenvalue weighted by molar-refractivity contribution is 0.708. The van der Waals surface area contributed by atoms with Gasteiger partial charge in [-0.2, -0.15) is 0 Å². The van der Waals surface area contributed by atoms with Gasteiger partial charge in [0, 0.05) is 0 Å². The van der Waals surface area contributed by atoms with Crippen LogP contribution < -0.4 is 0 Å². The summed E-state index contributed by atoms with van der Waals surface area (Å²) in [5.74, 6) is 0.746. The van der Waals surface area contributed by atoms with Crippen LogP contribution in [-0.2, 0) is 6.42 Å². The maximum Gasteiger partial charge on any atom is -0.0125 e. The number of hydrogen-bond acceptors (Lipinski definition) is 0. The number of benzene rings is 1. The molecule has 0 fully saturated rings. The van der Waals surface area contributed by atoms with Crippen LogP contribution in [0.2, 0.25) is 0 Å². The zero-order valence-electron chi connectivity index (χ0n) is 8.29. The molecule has 0 heterocycles. The van der Waals surface area contributed by atoms with Crippen molar-refractivity contribution in [3.8, 4) is 0 Å². The lowest BCUT2D eigenvalue weighted by Crippen LogP contribution is -1.93. The van der Waals surface area contributed by atoms with E-state index in [-0.39, 0.29) is 0 Å². The number of fused-ring (bicyclic) bond motifs is 1. The summed E-state index contributed by atoms with van der Waals surface area (Å²) < 4.78 is 0. The van der Waals surface area contributed by atoms with Crippen LogP contribution in [0.1, 0.15) is 43.2 Å². The summed E-state index contributed by atoms with van der Waals surface area (Å²) in [6.07, 6.45) is 7.64. The highest BCUT2D eigenvalue weighted by atomic mass is 14.2. The lowest BCUT2D eigenvalue weighted by Gasteiger charge is -2.09. The van der Waals surface area contributed by atoms with Crippen LogP contribution >= 0.6 is 0 Å². The molecule has 0 N–H and O–H groups in total. The van der Waals surface area contributed by atoms with Crippen molar-refractivity contribution in [1.29, 1.82) is 0 Å². The third-order valence-corrected chi connectivity index (χ3v) is 2.92. The van der Waals surface area contributed by atoms with Gasteiger partial charge in [0.05, 0.1) is 0 Å². The molecule has 1 aliphatic rings. The van der Waals surface area contributed by atoms with Gasteiger partial charge in [0.2, 0.25) is 0 Å². The molecule has 1 unspecified atom stereocenters. The summed E-state index contributed by atoms with van der Waals surface area (Å²) in [4.78, 5) is 0. The molecule has 0 saturated heterocycles. The van der Waals surface area contributed by atoms with E-state index in [1.54, 1.807) is 11.1 Å². The molecule has 0 saturated carbocycles. The highest BCUT2D eigenvalue weighted by Gasteiger charge is 2.20. The molecule has 1 atom stereocenters. The molecule has 1 aliphatic carbocycles. The average Bonchev–Trinajstić information content (AvgIpc) is 2.58. The fraction of sp³-hybridized carbons (Fsp3) is 0.462. The third-order valence-electron chi connectivity index (χ3n) is 2.92. The molecule has 13 heavy (non-hydrogen) atoms. The van der Waals surface area contributed by atoms with Gasteiger partial charge in [0.15, 0.2) is 0 Å². The Kier molecular flexibility index (Phi) is 2.68. The monoisotopic (exact) mass is 173 g/mol. The van der Waals surface area contributed by atoms with Gasteiger partial charge in [-0.05, 0) is 42.7 Å². The second-order valence-electron chi connectivity index (χ2n) is 3.87. The van der Waals surface area contributed by atoms with E-state index >= 15 is 0 Å². The van der Waals surface area contributed by atoms with Gasteiger partial charge in [-0.1, -0.05) is 37.6 Å². The number of rotatable bonds is 3. The molecule has 69 valence electrons. The van der Waals surface area contributed by atoms with E-state index in [0.29, 0.717) is 0 Å². The topological polar surface area (TPSA) is 0 Å². The maximum absolute atomic E-state index is 2.49. The smallest absolute Gasteiger partial charge is 0.0125 e. The minimum Gasteiger partial charge on any atom is -0.0654 e. The van der Waals surface area contributed by atoms with E-state index in [1.165, 1.54) is 25.7 Å². The predicted molar refractivity (Wildman–Crippen MR) is 56.7 cm³/mol. The Labute approximate surface area is 81.0 Å². The molecule has 0 bridgehead atoms. The first-order valence-corrected chi connectivity index (χ1v) is 5.33. The fourth-order valence-electron chi connectivity index (χ4n) is 2.20. The Balaban J connectivity index is 2.09. The fourth-order valence-corrected chi connectivity index (χ4v) is 2.20. The van der Waals surface area contributed by atoms with Gasteiger partial charge in [0.25, 0.3) is 0 Å². The van der Waals surface area contributed by atoms with Gasteiger partial charge >= 0.3 is 0 Å². The van der Waals surface area contributed by atoms with Gasteiger partial charge in [-0.25, -0.2) is 0 Å². The normalized spacial score (nSPS) is 20.2. The second-order valence-corrected chi connectivity index (χ2v) is 3.87. The lowest BCUT2D eigenvalue weighted by atomic mass is 9.96. The molecule has 0 aliphatic heterocycles. The highest BCUT2D eigenvalue weighted by molar-refractivity contribution is 5.36. The van der Waals surface area contributed by atoms with E-state index in [9.17, 15) is 0 Å². The molecule has 1 aromatic rings. The van der Waals surface area contributed by atoms with E-state index in [0.717, 1.165) is 5.92 Å². The van der Waals surface area contributed by atoms with Crippen LogP contribution in [0.5, 0.6) is 0 Å². The Bertz CT molecular complexity index is 275. The molecule has 0 spiro atoms. The minimum atomic E-state index is 0.746. The molecule has 0 aromatic heterocycles. The summed E-state index contributed by atoms with van der Waals surface area (Å²) in [5.41, 5.74) is 3.15. The summed E-state index contributed by atoms with van der Waals surface area (Å²) in [7, 11) is 0. The van der Waals surface area contributed by atoms with Crippen LogP contribution in [0, 0.1) is 6.42 Å². The van der Waals surface area contributed by atoms with Gasteiger partial charge in [-0.3, -0.25) is 0 Å². The van der Waals surface area contributed by atoms with Crippen molar-refractivity contribution in [3.05, 3.63) is 41.8 Å². The first-order chi connectivity index (χ1) is 6.42. The first kappa shape index (κ1) is 8.80. The van der Waals surface area contributed by atoms with E-state index in [1.807, 2.05) is 0 Å². The van der Waals surface area contributed by atoms with Crippen LogP contribution in [0.3, 0.4) is 0 Å². The molecule has 2 rings (SSSR count).